The smallest absolute Gasteiger partial charge is 0.416 e. The van der Waals surface area contributed by atoms with Crippen molar-refractivity contribution in [3.8, 4) is 17.0 Å². The number of Topliss-reactive ketones (excluding diaryl/α,β-unsaturated/α-hetero) is 1. The molecule has 0 bridgehead atoms. The number of ketones is 1. The summed E-state index contributed by atoms with van der Waals surface area (Å²) in [5.41, 5.74) is -1.66. The second-order valence-electron chi connectivity index (χ2n) is 11.4. The van der Waals surface area contributed by atoms with Gasteiger partial charge in [0.05, 0.1) is 23.8 Å². The molecular formula is C34H32F3N3O6. The zero-order chi connectivity index (χ0) is 33.8. The Balaban J connectivity index is 1.76. The van der Waals surface area contributed by atoms with Crippen molar-refractivity contribution in [3.63, 3.8) is 0 Å². The Morgan fingerprint density at radius 1 is 0.913 bits per heavy atom. The second-order valence-corrected chi connectivity index (χ2v) is 11.4. The Morgan fingerprint density at radius 3 is 2.13 bits per heavy atom. The third-order valence-electron chi connectivity index (χ3n) is 6.79. The molecule has 4 rings (SSSR count). The van der Waals surface area contributed by atoms with E-state index in [1.807, 2.05) is 0 Å². The first-order valence-electron chi connectivity index (χ1n) is 14.2. The highest BCUT2D eigenvalue weighted by atomic mass is 19.4. The molecule has 0 fully saturated rings. The monoisotopic (exact) mass is 635 g/mol. The number of aromatic nitrogens is 2. The van der Waals surface area contributed by atoms with Gasteiger partial charge in [-0.2, -0.15) is 13.2 Å². The van der Waals surface area contributed by atoms with Gasteiger partial charge in [0.2, 0.25) is 11.8 Å². The van der Waals surface area contributed by atoms with Crippen molar-refractivity contribution in [3.05, 3.63) is 111 Å². The van der Waals surface area contributed by atoms with Gasteiger partial charge in [0, 0.05) is 23.7 Å². The van der Waals surface area contributed by atoms with Crippen molar-refractivity contribution in [2.24, 2.45) is 0 Å². The van der Waals surface area contributed by atoms with Crippen LogP contribution in [-0.2, 0) is 22.1 Å². The summed E-state index contributed by atoms with van der Waals surface area (Å²) in [6.45, 7) is 6.41. The zero-order valence-corrected chi connectivity index (χ0v) is 25.8. The minimum absolute atomic E-state index is 0.0142. The van der Waals surface area contributed by atoms with E-state index in [4.69, 9.17) is 9.47 Å². The van der Waals surface area contributed by atoms with Crippen LogP contribution in [-0.4, -0.2) is 40.2 Å². The molecule has 0 aliphatic rings. The maximum absolute atomic E-state index is 13.7. The summed E-state index contributed by atoms with van der Waals surface area (Å²) in [6.07, 6.45) is -4.70. The average molecular weight is 636 g/mol. The third kappa shape index (κ3) is 8.06. The molecule has 46 heavy (non-hydrogen) atoms. The fourth-order valence-electron chi connectivity index (χ4n) is 4.65. The summed E-state index contributed by atoms with van der Waals surface area (Å²) in [7, 11) is 1.21. The van der Waals surface area contributed by atoms with Crippen molar-refractivity contribution in [1.29, 1.82) is 0 Å². The Kier molecular flexibility index (Phi) is 9.79. The second kappa shape index (κ2) is 13.4. The molecule has 0 saturated heterocycles. The lowest BCUT2D eigenvalue weighted by atomic mass is 9.95. The summed E-state index contributed by atoms with van der Waals surface area (Å²) < 4.78 is 52.4. The van der Waals surface area contributed by atoms with Crippen LogP contribution in [0.4, 0.5) is 18.9 Å². The lowest BCUT2D eigenvalue weighted by Gasteiger charge is -2.21. The van der Waals surface area contributed by atoms with E-state index < -0.39 is 46.6 Å². The predicted octanol–water partition coefficient (Wildman–Crippen LogP) is 6.52. The number of benzene rings is 3. The predicted molar refractivity (Wildman–Crippen MR) is 165 cm³/mol. The first-order valence-corrected chi connectivity index (χ1v) is 14.2. The molecule has 0 saturated carbocycles. The van der Waals surface area contributed by atoms with Gasteiger partial charge in [-0.15, -0.1) is 5.10 Å². The molecule has 1 atom stereocenters. The van der Waals surface area contributed by atoms with Gasteiger partial charge in [-0.05, 0) is 75.2 Å². The molecule has 240 valence electrons. The number of nitrogens with zero attached hydrogens (tertiary/aromatic N) is 2. The number of carbonyl (C=O) groups is 3. The van der Waals surface area contributed by atoms with Gasteiger partial charge in [0.25, 0.3) is 5.56 Å². The summed E-state index contributed by atoms with van der Waals surface area (Å²) in [5.74, 6) is -1.98. The number of halogens is 3. The molecule has 1 amide bonds. The minimum Gasteiger partial charge on any atom is -0.480 e. The van der Waals surface area contributed by atoms with E-state index in [1.54, 1.807) is 51.1 Å². The van der Waals surface area contributed by atoms with Gasteiger partial charge in [-0.3, -0.25) is 14.4 Å². The van der Waals surface area contributed by atoms with Crippen LogP contribution in [0.2, 0.25) is 0 Å². The summed E-state index contributed by atoms with van der Waals surface area (Å²) in [6, 6.07) is 17.1. The number of alkyl halides is 3. The molecule has 4 aromatic rings. The van der Waals surface area contributed by atoms with Crippen molar-refractivity contribution in [2.75, 3.05) is 12.4 Å². The lowest BCUT2D eigenvalue weighted by Crippen LogP contribution is -2.36. The molecule has 9 nitrogen and oxygen atoms in total. The molecule has 0 radical (unpaired) electrons. The number of amides is 1. The number of rotatable bonds is 9. The SMILES string of the molecule is COc1nn(C(Cc2ccccc2)C(=O)Nc2ccc(C(=O)OC(C)(C)C)cc2)c(=O)cc1-c1cc(C(F)(F)F)ccc1C(C)=O. The molecule has 1 aromatic heterocycles. The number of nitrogens with one attached hydrogen (secondary N) is 1. The van der Waals surface area contributed by atoms with Gasteiger partial charge in [-0.25, -0.2) is 9.48 Å². The van der Waals surface area contributed by atoms with E-state index in [2.05, 4.69) is 10.4 Å². The highest BCUT2D eigenvalue weighted by Crippen LogP contribution is 2.36. The van der Waals surface area contributed by atoms with Gasteiger partial charge in [0.15, 0.2) is 5.78 Å². The standard InChI is InChI=1S/C34H32F3N3O6/c1-20(41)25-16-13-23(34(35,36)37)18-26(25)27-19-29(42)40(39-31(27)45-5)28(17-21-9-7-6-8-10-21)30(43)38-24-14-11-22(12-15-24)32(44)46-33(2,3)4/h6-16,18-19,28H,17H2,1-5H3,(H,38,43). The molecule has 0 aliphatic heterocycles. The summed E-state index contributed by atoms with van der Waals surface area (Å²) in [5, 5.41) is 6.99. The van der Waals surface area contributed by atoms with Gasteiger partial charge < -0.3 is 14.8 Å². The summed E-state index contributed by atoms with van der Waals surface area (Å²) in [4.78, 5) is 52.0. The molecule has 1 heterocycles. The molecule has 3 aromatic carbocycles. The van der Waals surface area contributed by atoms with E-state index in [1.165, 1.54) is 38.3 Å². The van der Waals surface area contributed by atoms with Gasteiger partial charge >= 0.3 is 12.1 Å². The van der Waals surface area contributed by atoms with E-state index in [9.17, 15) is 32.3 Å². The maximum Gasteiger partial charge on any atom is 0.416 e. The Morgan fingerprint density at radius 2 is 1.57 bits per heavy atom. The number of hydrogen-bond acceptors (Lipinski definition) is 7. The fraction of sp³-hybridized carbons (Fsp3) is 0.265. The maximum atomic E-state index is 13.7. The minimum atomic E-state index is -4.72. The molecular weight excluding hydrogens is 603 g/mol. The Hall–Kier alpha value is -5.26. The molecule has 12 heteroatoms. The third-order valence-corrected chi connectivity index (χ3v) is 6.79. The van der Waals surface area contributed by atoms with Gasteiger partial charge in [0.1, 0.15) is 11.6 Å². The van der Waals surface area contributed by atoms with Crippen LogP contribution in [0.25, 0.3) is 11.1 Å². The summed E-state index contributed by atoms with van der Waals surface area (Å²) >= 11 is 0. The van der Waals surface area contributed by atoms with E-state index in [0.717, 1.165) is 28.9 Å². The van der Waals surface area contributed by atoms with Crippen LogP contribution in [0.15, 0.2) is 83.7 Å². The normalized spacial score (nSPS) is 12.3. The first-order chi connectivity index (χ1) is 21.6. The van der Waals surface area contributed by atoms with Crippen LogP contribution >= 0.6 is 0 Å². The lowest BCUT2D eigenvalue weighted by molar-refractivity contribution is -0.137. The first kappa shape index (κ1) is 33.6. The van der Waals surface area contributed by atoms with E-state index >= 15 is 0 Å². The molecule has 1 unspecified atom stereocenters. The molecule has 0 spiro atoms. The quantitative estimate of drug-likeness (QED) is 0.164. The number of ether oxygens (including phenoxy) is 2. The average Bonchev–Trinajstić information content (AvgIpc) is 2.99. The number of hydrogen-bond donors (Lipinski definition) is 1. The topological polar surface area (TPSA) is 117 Å². The van der Waals surface area contributed by atoms with Crippen LogP contribution in [0, 0.1) is 0 Å². The van der Waals surface area contributed by atoms with Crippen molar-refractivity contribution in [2.45, 2.75) is 51.9 Å². The van der Waals surface area contributed by atoms with Crippen LogP contribution in [0.5, 0.6) is 5.88 Å². The van der Waals surface area contributed by atoms with Crippen LogP contribution in [0.3, 0.4) is 0 Å². The zero-order valence-electron chi connectivity index (χ0n) is 25.8. The highest BCUT2D eigenvalue weighted by molar-refractivity contribution is 6.01. The van der Waals surface area contributed by atoms with Crippen molar-refractivity contribution < 1.29 is 37.0 Å². The Labute approximate surface area is 263 Å². The van der Waals surface area contributed by atoms with Gasteiger partial charge in [-0.1, -0.05) is 36.4 Å². The van der Waals surface area contributed by atoms with Crippen LogP contribution < -0.4 is 15.6 Å². The van der Waals surface area contributed by atoms with Crippen molar-refractivity contribution in [1.82, 2.24) is 9.78 Å². The van der Waals surface area contributed by atoms with Crippen molar-refractivity contribution >= 4 is 23.3 Å². The van der Waals surface area contributed by atoms with Crippen LogP contribution in [0.1, 0.15) is 65.6 Å². The fourth-order valence-corrected chi connectivity index (χ4v) is 4.65. The highest BCUT2D eigenvalue weighted by Gasteiger charge is 2.33. The largest absolute Gasteiger partial charge is 0.480 e. The molecule has 0 aliphatic carbocycles. The number of methoxy groups -OCH3 is 1. The molecule has 1 N–H and O–H groups in total. The Bertz CT molecular complexity index is 1810. The number of esters is 1. The van der Waals surface area contributed by atoms with E-state index in [-0.39, 0.29) is 34.6 Å². The number of anilines is 1. The number of carbonyl (C=O) groups excluding carboxylic acids is 3. The van der Waals surface area contributed by atoms with E-state index in [0.29, 0.717) is 11.3 Å².